The lowest BCUT2D eigenvalue weighted by Gasteiger charge is -2.18. The Morgan fingerprint density at radius 1 is 1.30 bits per heavy atom. The van der Waals surface area contributed by atoms with Gasteiger partial charge in [0.1, 0.15) is 5.75 Å². The Hall–Kier alpha value is -1.88. The van der Waals surface area contributed by atoms with Crippen molar-refractivity contribution in [2.45, 2.75) is 39.3 Å². The Labute approximate surface area is 119 Å². The van der Waals surface area contributed by atoms with Crippen molar-refractivity contribution in [2.24, 2.45) is 0 Å². The van der Waals surface area contributed by atoms with Gasteiger partial charge in [-0.3, -0.25) is 0 Å². The third-order valence-electron chi connectivity index (χ3n) is 3.23. The van der Waals surface area contributed by atoms with Crippen LogP contribution in [0.1, 0.15) is 43.6 Å². The molecule has 0 saturated carbocycles. The van der Waals surface area contributed by atoms with E-state index in [0.29, 0.717) is 18.3 Å². The van der Waals surface area contributed by atoms with Crippen LogP contribution in [0.15, 0.2) is 28.8 Å². The predicted octanol–water partition coefficient (Wildman–Crippen LogP) is 2.88. The summed E-state index contributed by atoms with van der Waals surface area (Å²) >= 11 is 0. The Morgan fingerprint density at radius 2 is 2.10 bits per heavy atom. The van der Waals surface area contributed by atoms with E-state index in [0.717, 1.165) is 24.2 Å². The molecule has 2 aromatic rings. The zero-order chi connectivity index (χ0) is 14.4. The lowest BCUT2D eigenvalue weighted by molar-refractivity contribution is 0.239. The highest BCUT2D eigenvalue weighted by molar-refractivity contribution is 5.35. The zero-order valence-electron chi connectivity index (χ0n) is 12.2. The largest absolute Gasteiger partial charge is 0.483 e. The van der Waals surface area contributed by atoms with E-state index in [4.69, 9.17) is 9.26 Å². The van der Waals surface area contributed by atoms with Crippen LogP contribution < -0.4 is 10.1 Å². The molecule has 1 heterocycles. The van der Waals surface area contributed by atoms with Crippen molar-refractivity contribution in [3.05, 3.63) is 41.5 Å². The molecule has 0 radical (unpaired) electrons. The molecule has 0 saturated heterocycles. The van der Waals surface area contributed by atoms with Crippen molar-refractivity contribution in [1.82, 2.24) is 15.5 Å². The molecule has 108 valence electrons. The molecule has 1 aromatic carbocycles. The van der Waals surface area contributed by atoms with Crippen LogP contribution >= 0.6 is 0 Å². The molecule has 5 nitrogen and oxygen atoms in total. The van der Waals surface area contributed by atoms with Crippen molar-refractivity contribution < 1.29 is 9.26 Å². The van der Waals surface area contributed by atoms with Gasteiger partial charge in [-0.2, -0.15) is 4.98 Å². The standard InChI is InChI=1S/C15H21N3O2/c1-4-12(16-3)11-8-6-7-9-13(11)19-10-15-17-14(5-2)18-20-15/h6-9,12,16H,4-5,10H2,1-3H3. The van der Waals surface area contributed by atoms with E-state index in [1.807, 2.05) is 32.2 Å². The van der Waals surface area contributed by atoms with Gasteiger partial charge >= 0.3 is 0 Å². The third-order valence-corrected chi connectivity index (χ3v) is 3.23. The molecule has 5 heteroatoms. The fourth-order valence-corrected chi connectivity index (χ4v) is 2.11. The van der Waals surface area contributed by atoms with Gasteiger partial charge in [0.15, 0.2) is 12.4 Å². The van der Waals surface area contributed by atoms with E-state index in [1.54, 1.807) is 0 Å². The van der Waals surface area contributed by atoms with Crippen molar-refractivity contribution in [2.75, 3.05) is 7.05 Å². The molecule has 0 aliphatic carbocycles. The number of hydrogen-bond acceptors (Lipinski definition) is 5. The van der Waals surface area contributed by atoms with Crippen LogP contribution in [0.3, 0.4) is 0 Å². The van der Waals surface area contributed by atoms with Gasteiger partial charge in [0, 0.05) is 18.0 Å². The predicted molar refractivity (Wildman–Crippen MR) is 76.5 cm³/mol. The molecule has 0 bridgehead atoms. The summed E-state index contributed by atoms with van der Waals surface area (Å²) in [7, 11) is 1.95. The number of rotatable bonds is 7. The summed E-state index contributed by atoms with van der Waals surface area (Å²) in [6, 6.07) is 8.30. The Morgan fingerprint density at radius 3 is 2.75 bits per heavy atom. The Balaban J connectivity index is 2.09. The summed E-state index contributed by atoms with van der Waals surface area (Å²) in [6.45, 7) is 4.43. The van der Waals surface area contributed by atoms with Gasteiger partial charge in [0.25, 0.3) is 5.89 Å². The number of aryl methyl sites for hydroxylation is 1. The molecule has 0 amide bonds. The molecule has 1 N–H and O–H groups in total. The van der Waals surface area contributed by atoms with Gasteiger partial charge < -0.3 is 14.6 Å². The van der Waals surface area contributed by atoms with Gasteiger partial charge in [-0.15, -0.1) is 0 Å². The lowest BCUT2D eigenvalue weighted by atomic mass is 10.0. The highest BCUT2D eigenvalue weighted by Gasteiger charge is 2.13. The lowest BCUT2D eigenvalue weighted by Crippen LogP contribution is -2.16. The first kappa shape index (κ1) is 14.5. The van der Waals surface area contributed by atoms with Gasteiger partial charge in [-0.05, 0) is 19.5 Å². The average molecular weight is 275 g/mol. The minimum atomic E-state index is 0.278. The minimum Gasteiger partial charge on any atom is -0.483 e. The fourth-order valence-electron chi connectivity index (χ4n) is 2.11. The average Bonchev–Trinajstić information content (AvgIpc) is 2.95. The van der Waals surface area contributed by atoms with Crippen LogP contribution in [0, 0.1) is 0 Å². The number of benzene rings is 1. The third kappa shape index (κ3) is 3.36. The first-order valence-electron chi connectivity index (χ1n) is 6.98. The molecular weight excluding hydrogens is 254 g/mol. The van der Waals surface area contributed by atoms with Crippen LogP contribution in [0.25, 0.3) is 0 Å². The summed E-state index contributed by atoms with van der Waals surface area (Å²) in [5, 5.41) is 7.15. The highest BCUT2D eigenvalue weighted by atomic mass is 16.5. The quantitative estimate of drug-likeness (QED) is 0.842. The Kier molecular flexibility index (Phi) is 5.12. The van der Waals surface area contributed by atoms with Crippen LogP contribution in [-0.2, 0) is 13.0 Å². The first-order chi connectivity index (χ1) is 9.78. The number of hydrogen-bond donors (Lipinski definition) is 1. The van der Waals surface area contributed by atoms with Crippen molar-refractivity contribution in [3.8, 4) is 5.75 Å². The van der Waals surface area contributed by atoms with E-state index < -0.39 is 0 Å². The van der Waals surface area contributed by atoms with E-state index in [1.165, 1.54) is 0 Å². The zero-order valence-corrected chi connectivity index (χ0v) is 12.2. The monoisotopic (exact) mass is 275 g/mol. The number of nitrogens with zero attached hydrogens (tertiary/aromatic N) is 2. The number of para-hydroxylation sites is 1. The molecule has 1 aromatic heterocycles. The van der Waals surface area contributed by atoms with Crippen molar-refractivity contribution in [3.63, 3.8) is 0 Å². The molecule has 0 spiro atoms. The first-order valence-corrected chi connectivity index (χ1v) is 6.98. The van der Waals surface area contributed by atoms with Crippen molar-refractivity contribution in [1.29, 1.82) is 0 Å². The van der Waals surface area contributed by atoms with E-state index in [-0.39, 0.29) is 6.04 Å². The van der Waals surface area contributed by atoms with E-state index in [2.05, 4.69) is 28.4 Å². The molecule has 1 unspecified atom stereocenters. The molecule has 0 aliphatic heterocycles. The van der Waals surface area contributed by atoms with Gasteiger partial charge in [-0.1, -0.05) is 37.2 Å². The van der Waals surface area contributed by atoms with Crippen LogP contribution in [0.5, 0.6) is 5.75 Å². The van der Waals surface area contributed by atoms with E-state index in [9.17, 15) is 0 Å². The maximum atomic E-state index is 5.83. The number of ether oxygens (including phenoxy) is 1. The van der Waals surface area contributed by atoms with E-state index >= 15 is 0 Å². The highest BCUT2D eigenvalue weighted by Crippen LogP contribution is 2.27. The molecule has 2 rings (SSSR count). The van der Waals surface area contributed by atoms with Crippen LogP contribution in [0.2, 0.25) is 0 Å². The maximum Gasteiger partial charge on any atom is 0.264 e. The summed E-state index contributed by atoms with van der Waals surface area (Å²) in [6.07, 6.45) is 1.76. The van der Waals surface area contributed by atoms with Gasteiger partial charge in [-0.25, -0.2) is 0 Å². The molecule has 20 heavy (non-hydrogen) atoms. The fraction of sp³-hybridized carbons (Fsp3) is 0.467. The van der Waals surface area contributed by atoms with Crippen LogP contribution in [-0.4, -0.2) is 17.2 Å². The summed E-state index contributed by atoms with van der Waals surface area (Å²) in [5.41, 5.74) is 1.15. The van der Waals surface area contributed by atoms with Crippen molar-refractivity contribution >= 4 is 0 Å². The van der Waals surface area contributed by atoms with Gasteiger partial charge in [0.2, 0.25) is 0 Å². The normalized spacial score (nSPS) is 12.3. The second-order valence-corrected chi connectivity index (χ2v) is 4.53. The van der Waals surface area contributed by atoms with Gasteiger partial charge in [0.05, 0.1) is 0 Å². The topological polar surface area (TPSA) is 60.2 Å². The second-order valence-electron chi connectivity index (χ2n) is 4.53. The number of aromatic nitrogens is 2. The molecule has 0 fully saturated rings. The SMILES string of the molecule is CCc1noc(COc2ccccc2C(CC)NC)n1. The molecular formula is C15H21N3O2. The summed E-state index contributed by atoms with van der Waals surface area (Å²) < 4.78 is 11.0. The molecule has 1 atom stereocenters. The summed E-state index contributed by atoms with van der Waals surface area (Å²) in [5.74, 6) is 2.07. The Bertz CT molecular complexity index is 535. The maximum absolute atomic E-state index is 5.83. The molecule has 0 aliphatic rings. The second kappa shape index (κ2) is 7.05. The minimum absolute atomic E-state index is 0.278. The smallest absolute Gasteiger partial charge is 0.264 e. The van der Waals surface area contributed by atoms with Crippen LogP contribution in [0.4, 0.5) is 0 Å². The summed E-state index contributed by atoms with van der Waals surface area (Å²) in [4.78, 5) is 4.24. The number of nitrogens with one attached hydrogen (secondary N) is 1.